The summed E-state index contributed by atoms with van der Waals surface area (Å²) in [5.74, 6) is 1.01. The first-order valence-corrected chi connectivity index (χ1v) is 3.47. The molecule has 0 saturated heterocycles. The first-order valence-electron chi connectivity index (χ1n) is 3.47. The van der Waals surface area contributed by atoms with Crippen LogP contribution in [0.2, 0.25) is 0 Å². The summed E-state index contributed by atoms with van der Waals surface area (Å²) in [4.78, 5) is 1.81. The summed E-state index contributed by atoms with van der Waals surface area (Å²) in [5.41, 5.74) is 5.94. The van der Waals surface area contributed by atoms with Gasteiger partial charge < -0.3 is 10.6 Å². The highest BCUT2D eigenvalue weighted by Crippen LogP contribution is 2.21. The van der Waals surface area contributed by atoms with Crippen molar-refractivity contribution in [2.75, 3.05) is 24.7 Å². The number of hydrogen-bond acceptors (Lipinski definition) is 4. The van der Waals surface area contributed by atoms with Gasteiger partial charge in [-0.25, -0.2) is 4.68 Å². The third kappa shape index (κ3) is 1.07. The number of nitriles is 1. The van der Waals surface area contributed by atoms with E-state index in [-0.39, 0.29) is 5.82 Å². The molecule has 1 rings (SSSR count). The quantitative estimate of drug-likeness (QED) is 0.632. The molecule has 0 aliphatic rings. The summed E-state index contributed by atoms with van der Waals surface area (Å²) in [6.07, 6.45) is 0. The minimum absolute atomic E-state index is 0.281. The molecule has 5 nitrogen and oxygen atoms in total. The average molecular weight is 165 g/mol. The van der Waals surface area contributed by atoms with E-state index in [1.54, 1.807) is 11.7 Å². The lowest BCUT2D eigenvalue weighted by Gasteiger charge is -2.11. The van der Waals surface area contributed by atoms with Crippen molar-refractivity contribution in [1.82, 2.24) is 9.78 Å². The SMILES string of the molecule is CN(C)c1c(C#N)c(N)nn1C. The van der Waals surface area contributed by atoms with Gasteiger partial charge in [-0.1, -0.05) is 0 Å². The monoisotopic (exact) mass is 165 g/mol. The molecule has 64 valence electrons. The van der Waals surface area contributed by atoms with E-state index < -0.39 is 0 Å². The zero-order chi connectivity index (χ0) is 9.30. The predicted molar refractivity (Wildman–Crippen MR) is 46.7 cm³/mol. The zero-order valence-corrected chi connectivity index (χ0v) is 7.37. The number of aromatic nitrogens is 2. The number of anilines is 2. The van der Waals surface area contributed by atoms with E-state index in [9.17, 15) is 0 Å². The van der Waals surface area contributed by atoms with Crippen molar-refractivity contribution >= 4 is 11.6 Å². The fourth-order valence-corrected chi connectivity index (χ4v) is 1.16. The molecule has 0 unspecified atom stereocenters. The number of aryl methyl sites for hydroxylation is 1. The van der Waals surface area contributed by atoms with Crippen LogP contribution in [0.4, 0.5) is 11.6 Å². The van der Waals surface area contributed by atoms with E-state index in [1.807, 2.05) is 25.1 Å². The van der Waals surface area contributed by atoms with E-state index in [1.165, 1.54) is 0 Å². The molecule has 0 saturated carbocycles. The Morgan fingerprint density at radius 2 is 2.17 bits per heavy atom. The second-order valence-corrected chi connectivity index (χ2v) is 2.71. The molecule has 0 bridgehead atoms. The predicted octanol–water partition coefficient (Wildman–Crippen LogP) is -0.0600. The van der Waals surface area contributed by atoms with Gasteiger partial charge in [-0.05, 0) is 0 Å². The Hall–Kier alpha value is -1.70. The Morgan fingerprint density at radius 1 is 1.58 bits per heavy atom. The molecule has 0 atom stereocenters. The molecule has 2 N–H and O–H groups in total. The van der Waals surface area contributed by atoms with Crippen LogP contribution in [-0.4, -0.2) is 23.9 Å². The van der Waals surface area contributed by atoms with Crippen molar-refractivity contribution in [2.24, 2.45) is 7.05 Å². The fraction of sp³-hybridized carbons (Fsp3) is 0.429. The fourth-order valence-electron chi connectivity index (χ4n) is 1.16. The van der Waals surface area contributed by atoms with Crippen molar-refractivity contribution in [1.29, 1.82) is 5.26 Å². The van der Waals surface area contributed by atoms with Crippen LogP contribution in [0, 0.1) is 11.3 Å². The van der Waals surface area contributed by atoms with Crippen LogP contribution in [0.15, 0.2) is 0 Å². The highest BCUT2D eigenvalue weighted by Gasteiger charge is 2.14. The molecule has 0 spiro atoms. The van der Waals surface area contributed by atoms with Crippen LogP contribution >= 0.6 is 0 Å². The molecule has 0 fully saturated rings. The number of nitrogen functional groups attached to an aromatic ring is 1. The highest BCUT2D eigenvalue weighted by atomic mass is 15.4. The van der Waals surface area contributed by atoms with Crippen LogP contribution in [0.3, 0.4) is 0 Å². The maximum atomic E-state index is 8.75. The van der Waals surface area contributed by atoms with Crippen molar-refractivity contribution in [2.45, 2.75) is 0 Å². The second-order valence-electron chi connectivity index (χ2n) is 2.71. The van der Waals surface area contributed by atoms with Crippen molar-refractivity contribution < 1.29 is 0 Å². The topological polar surface area (TPSA) is 70.9 Å². The van der Waals surface area contributed by atoms with Gasteiger partial charge in [0.1, 0.15) is 17.5 Å². The molecular formula is C7H11N5. The van der Waals surface area contributed by atoms with E-state index in [0.717, 1.165) is 5.82 Å². The maximum Gasteiger partial charge on any atom is 0.165 e. The number of rotatable bonds is 1. The normalized spacial score (nSPS) is 9.50. The van der Waals surface area contributed by atoms with Gasteiger partial charge in [-0.3, -0.25) is 0 Å². The molecule has 1 heterocycles. The standard InChI is InChI=1S/C7H11N5/c1-11(2)7-5(4-8)6(9)10-12(7)3/h1-3H3,(H2,9,10). The summed E-state index contributed by atoms with van der Waals surface area (Å²) in [6, 6.07) is 2.02. The third-order valence-electron chi connectivity index (χ3n) is 1.58. The van der Waals surface area contributed by atoms with Crippen LogP contribution in [0.5, 0.6) is 0 Å². The Morgan fingerprint density at radius 3 is 2.50 bits per heavy atom. The summed E-state index contributed by atoms with van der Waals surface area (Å²) < 4.78 is 1.59. The Balaban J connectivity index is 3.35. The van der Waals surface area contributed by atoms with Gasteiger partial charge >= 0.3 is 0 Å². The van der Waals surface area contributed by atoms with Gasteiger partial charge in [-0.15, -0.1) is 0 Å². The Labute approximate surface area is 71.0 Å². The van der Waals surface area contributed by atoms with Gasteiger partial charge in [0, 0.05) is 21.1 Å². The molecule has 12 heavy (non-hydrogen) atoms. The van der Waals surface area contributed by atoms with E-state index >= 15 is 0 Å². The lowest BCUT2D eigenvalue weighted by molar-refractivity contribution is 0.758. The average Bonchev–Trinajstić information content (AvgIpc) is 2.24. The molecule has 0 amide bonds. The van der Waals surface area contributed by atoms with Gasteiger partial charge in [0.05, 0.1) is 0 Å². The molecule has 0 radical (unpaired) electrons. The molecule has 5 heteroatoms. The van der Waals surface area contributed by atoms with Crippen LogP contribution in [0.25, 0.3) is 0 Å². The molecule has 1 aromatic rings. The highest BCUT2D eigenvalue weighted by molar-refractivity contribution is 5.64. The summed E-state index contributed by atoms with van der Waals surface area (Å²) >= 11 is 0. The van der Waals surface area contributed by atoms with Crippen molar-refractivity contribution in [3.8, 4) is 6.07 Å². The van der Waals surface area contributed by atoms with E-state index in [0.29, 0.717) is 5.56 Å². The smallest absolute Gasteiger partial charge is 0.165 e. The minimum atomic E-state index is 0.281. The number of nitrogens with two attached hydrogens (primary N) is 1. The Kier molecular flexibility index (Phi) is 1.92. The first kappa shape index (κ1) is 8.40. The molecule has 1 aromatic heterocycles. The van der Waals surface area contributed by atoms with Crippen LogP contribution in [-0.2, 0) is 7.05 Å². The number of nitrogens with zero attached hydrogens (tertiary/aromatic N) is 4. The zero-order valence-electron chi connectivity index (χ0n) is 7.37. The van der Waals surface area contributed by atoms with Gasteiger partial charge in [-0.2, -0.15) is 10.4 Å². The van der Waals surface area contributed by atoms with E-state index in [2.05, 4.69) is 5.10 Å². The van der Waals surface area contributed by atoms with Crippen LogP contribution in [0.1, 0.15) is 5.56 Å². The Bertz CT molecular complexity index is 330. The lowest BCUT2D eigenvalue weighted by atomic mass is 10.3. The summed E-state index contributed by atoms with van der Waals surface area (Å²) in [5, 5.41) is 12.7. The van der Waals surface area contributed by atoms with E-state index in [4.69, 9.17) is 11.0 Å². The minimum Gasteiger partial charge on any atom is -0.381 e. The first-order chi connectivity index (χ1) is 5.57. The molecule has 0 aromatic carbocycles. The molecular weight excluding hydrogens is 154 g/mol. The lowest BCUT2D eigenvalue weighted by Crippen LogP contribution is -2.14. The van der Waals surface area contributed by atoms with Gasteiger partial charge in [0.15, 0.2) is 5.82 Å². The summed E-state index contributed by atoms with van der Waals surface area (Å²) in [6.45, 7) is 0. The van der Waals surface area contributed by atoms with Crippen LogP contribution < -0.4 is 10.6 Å². The molecule has 0 aliphatic carbocycles. The largest absolute Gasteiger partial charge is 0.381 e. The number of hydrogen-bond donors (Lipinski definition) is 1. The van der Waals surface area contributed by atoms with Crippen molar-refractivity contribution in [3.05, 3.63) is 5.56 Å². The molecule has 0 aliphatic heterocycles. The maximum absolute atomic E-state index is 8.75. The third-order valence-corrected chi connectivity index (χ3v) is 1.58. The van der Waals surface area contributed by atoms with Crippen molar-refractivity contribution in [3.63, 3.8) is 0 Å². The van der Waals surface area contributed by atoms with Gasteiger partial charge in [0.25, 0.3) is 0 Å². The van der Waals surface area contributed by atoms with Gasteiger partial charge in [0.2, 0.25) is 0 Å². The summed E-state index contributed by atoms with van der Waals surface area (Å²) in [7, 11) is 5.45. The second kappa shape index (κ2) is 2.74.